The molecule has 5 heteroatoms. The highest BCUT2D eigenvalue weighted by molar-refractivity contribution is 7.17. The number of carbonyl (C=O) groups is 2. The van der Waals surface area contributed by atoms with Crippen LogP contribution in [-0.2, 0) is 17.6 Å². The fourth-order valence-corrected chi connectivity index (χ4v) is 3.84. The number of anilines is 1. The van der Waals surface area contributed by atoms with Crippen molar-refractivity contribution in [3.05, 3.63) is 16.0 Å². The van der Waals surface area contributed by atoms with E-state index in [1.54, 1.807) is 18.4 Å². The maximum absolute atomic E-state index is 12.1. The summed E-state index contributed by atoms with van der Waals surface area (Å²) in [6, 6.07) is 0. The van der Waals surface area contributed by atoms with E-state index in [9.17, 15) is 9.59 Å². The molecule has 1 aliphatic rings. The minimum atomic E-state index is -0.0987. The number of amides is 2. The number of hydrogen-bond donors (Lipinski definition) is 2. The molecule has 19 heavy (non-hydrogen) atoms. The van der Waals surface area contributed by atoms with Crippen molar-refractivity contribution in [2.45, 2.75) is 39.5 Å². The molecule has 1 aromatic heterocycles. The van der Waals surface area contributed by atoms with Gasteiger partial charge in [-0.05, 0) is 30.7 Å². The summed E-state index contributed by atoms with van der Waals surface area (Å²) in [5, 5.41) is 6.26. The Balaban J connectivity index is 2.41. The van der Waals surface area contributed by atoms with Crippen LogP contribution in [0.25, 0.3) is 0 Å². The molecule has 0 fully saturated rings. The van der Waals surface area contributed by atoms with E-state index < -0.39 is 0 Å². The molecule has 1 aromatic rings. The molecule has 2 amide bonds. The maximum atomic E-state index is 12.1. The van der Waals surface area contributed by atoms with E-state index in [0.29, 0.717) is 22.9 Å². The van der Waals surface area contributed by atoms with Gasteiger partial charge >= 0.3 is 0 Å². The molecular formula is C14H20N2O2S. The van der Waals surface area contributed by atoms with E-state index in [2.05, 4.69) is 17.6 Å². The third-order valence-corrected chi connectivity index (χ3v) is 4.71. The Morgan fingerprint density at radius 1 is 1.42 bits per heavy atom. The fraction of sp³-hybridized carbons (Fsp3) is 0.571. The molecule has 0 aliphatic heterocycles. The van der Waals surface area contributed by atoms with Crippen molar-refractivity contribution in [3.63, 3.8) is 0 Å². The van der Waals surface area contributed by atoms with Gasteiger partial charge in [0.1, 0.15) is 5.00 Å². The normalized spacial score (nSPS) is 17.7. The van der Waals surface area contributed by atoms with Crippen LogP contribution in [0.5, 0.6) is 0 Å². The quantitative estimate of drug-likeness (QED) is 0.894. The van der Waals surface area contributed by atoms with Crippen LogP contribution in [0.3, 0.4) is 0 Å². The van der Waals surface area contributed by atoms with E-state index in [0.717, 1.165) is 24.8 Å². The average molecular weight is 280 g/mol. The first-order chi connectivity index (χ1) is 9.06. The second-order valence-electron chi connectivity index (χ2n) is 5.04. The van der Waals surface area contributed by atoms with Crippen molar-refractivity contribution >= 4 is 28.2 Å². The molecule has 1 heterocycles. The number of carbonyl (C=O) groups excluding carboxylic acids is 2. The Kier molecular flexibility index (Phi) is 4.24. The summed E-state index contributed by atoms with van der Waals surface area (Å²) in [6.07, 6.45) is 3.46. The first kappa shape index (κ1) is 14.1. The van der Waals surface area contributed by atoms with Crippen molar-refractivity contribution in [3.8, 4) is 0 Å². The Labute approximate surface area is 117 Å². The van der Waals surface area contributed by atoms with Crippen molar-refractivity contribution in [2.75, 3.05) is 12.4 Å². The summed E-state index contributed by atoms with van der Waals surface area (Å²) < 4.78 is 0. The topological polar surface area (TPSA) is 58.2 Å². The second kappa shape index (κ2) is 5.74. The van der Waals surface area contributed by atoms with Gasteiger partial charge in [0.25, 0.3) is 5.91 Å². The van der Waals surface area contributed by atoms with Gasteiger partial charge in [0.05, 0.1) is 5.56 Å². The van der Waals surface area contributed by atoms with E-state index >= 15 is 0 Å². The molecular weight excluding hydrogens is 260 g/mol. The molecule has 0 bridgehead atoms. The number of nitrogens with one attached hydrogen (secondary N) is 2. The summed E-state index contributed by atoms with van der Waals surface area (Å²) in [6.45, 7) is 4.04. The minimum Gasteiger partial charge on any atom is -0.355 e. The molecule has 0 radical (unpaired) electrons. The number of rotatable bonds is 3. The van der Waals surface area contributed by atoms with Gasteiger partial charge in [-0.25, -0.2) is 0 Å². The van der Waals surface area contributed by atoms with Gasteiger partial charge in [0, 0.05) is 18.3 Å². The highest BCUT2D eigenvalue weighted by Gasteiger charge is 2.27. The van der Waals surface area contributed by atoms with Crippen molar-refractivity contribution in [2.24, 2.45) is 5.92 Å². The molecule has 0 saturated heterocycles. The Bertz CT molecular complexity index is 508. The van der Waals surface area contributed by atoms with Crippen molar-refractivity contribution in [1.82, 2.24) is 5.32 Å². The lowest BCUT2D eigenvalue weighted by Crippen LogP contribution is -2.22. The SMILES string of the molecule is CCC(=O)Nc1sc2c(c1C(=O)NC)CCC(C)C2. The van der Waals surface area contributed by atoms with Crippen LogP contribution < -0.4 is 10.6 Å². The van der Waals surface area contributed by atoms with E-state index in [-0.39, 0.29) is 11.8 Å². The van der Waals surface area contributed by atoms with Gasteiger partial charge < -0.3 is 10.6 Å². The Morgan fingerprint density at radius 3 is 2.79 bits per heavy atom. The molecule has 104 valence electrons. The van der Waals surface area contributed by atoms with Gasteiger partial charge in [-0.3, -0.25) is 9.59 Å². The predicted molar refractivity (Wildman–Crippen MR) is 77.8 cm³/mol. The highest BCUT2D eigenvalue weighted by Crippen LogP contribution is 2.39. The zero-order valence-corrected chi connectivity index (χ0v) is 12.4. The molecule has 2 rings (SSSR count). The summed E-state index contributed by atoms with van der Waals surface area (Å²) >= 11 is 1.56. The molecule has 0 aromatic carbocycles. The first-order valence-electron chi connectivity index (χ1n) is 6.73. The number of thiophene rings is 1. The van der Waals surface area contributed by atoms with Crippen LogP contribution in [0.2, 0.25) is 0 Å². The van der Waals surface area contributed by atoms with Gasteiger partial charge in [0.15, 0.2) is 0 Å². The highest BCUT2D eigenvalue weighted by atomic mass is 32.1. The van der Waals surface area contributed by atoms with Crippen LogP contribution in [0.15, 0.2) is 0 Å². The van der Waals surface area contributed by atoms with Crippen molar-refractivity contribution in [1.29, 1.82) is 0 Å². The predicted octanol–water partition coefficient (Wildman–Crippen LogP) is 2.58. The third-order valence-electron chi connectivity index (χ3n) is 3.54. The standard InChI is InChI=1S/C14H20N2O2S/c1-4-11(17)16-14-12(13(18)15-3)9-6-5-8(2)7-10(9)19-14/h8H,4-7H2,1-3H3,(H,15,18)(H,16,17). The number of fused-ring (bicyclic) bond motifs is 1. The van der Waals surface area contributed by atoms with Crippen LogP contribution in [-0.4, -0.2) is 18.9 Å². The van der Waals surface area contributed by atoms with E-state index in [1.807, 2.05) is 6.92 Å². The summed E-state index contributed by atoms with van der Waals surface area (Å²) in [5.74, 6) is 0.508. The largest absolute Gasteiger partial charge is 0.355 e. The molecule has 4 nitrogen and oxygen atoms in total. The monoisotopic (exact) mass is 280 g/mol. The van der Waals surface area contributed by atoms with Gasteiger partial charge in [0.2, 0.25) is 5.91 Å². The van der Waals surface area contributed by atoms with E-state index in [4.69, 9.17) is 0 Å². The van der Waals surface area contributed by atoms with Gasteiger partial charge in [-0.2, -0.15) is 0 Å². The Hall–Kier alpha value is -1.36. The zero-order chi connectivity index (χ0) is 14.0. The smallest absolute Gasteiger partial charge is 0.254 e. The minimum absolute atomic E-state index is 0.0446. The lowest BCUT2D eigenvalue weighted by molar-refractivity contribution is -0.115. The van der Waals surface area contributed by atoms with Crippen LogP contribution in [0.4, 0.5) is 5.00 Å². The van der Waals surface area contributed by atoms with Crippen LogP contribution in [0, 0.1) is 5.92 Å². The summed E-state index contributed by atoms with van der Waals surface area (Å²) in [4.78, 5) is 24.9. The number of hydrogen-bond acceptors (Lipinski definition) is 3. The average Bonchev–Trinajstić information content (AvgIpc) is 2.74. The van der Waals surface area contributed by atoms with Crippen molar-refractivity contribution < 1.29 is 9.59 Å². The van der Waals surface area contributed by atoms with Gasteiger partial charge in [-0.15, -0.1) is 11.3 Å². The summed E-state index contributed by atoms with van der Waals surface area (Å²) in [7, 11) is 1.63. The van der Waals surface area contributed by atoms with Crippen LogP contribution >= 0.6 is 11.3 Å². The zero-order valence-electron chi connectivity index (χ0n) is 11.6. The fourth-order valence-electron chi connectivity index (χ4n) is 2.42. The molecule has 0 saturated carbocycles. The van der Waals surface area contributed by atoms with Gasteiger partial charge in [-0.1, -0.05) is 13.8 Å². The molecule has 1 aliphatic carbocycles. The lowest BCUT2D eigenvalue weighted by atomic mass is 9.88. The molecule has 0 spiro atoms. The summed E-state index contributed by atoms with van der Waals surface area (Å²) in [5.41, 5.74) is 1.81. The molecule has 1 unspecified atom stereocenters. The molecule has 2 N–H and O–H groups in total. The van der Waals surface area contributed by atoms with Crippen LogP contribution in [0.1, 0.15) is 47.5 Å². The Morgan fingerprint density at radius 2 is 2.16 bits per heavy atom. The molecule has 1 atom stereocenters. The maximum Gasteiger partial charge on any atom is 0.254 e. The third kappa shape index (κ3) is 2.81. The second-order valence-corrected chi connectivity index (χ2v) is 6.14. The lowest BCUT2D eigenvalue weighted by Gasteiger charge is -2.18. The van der Waals surface area contributed by atoms with E-state index in [1.165, 1.54) is 4.88 Å². The first-order valence-corrected chi connectivity index (χ1v) is 7.54.